The fourth-order valence-corrected chi connectivity index (χ4v) is 5.98. The summed E-state index contributed by atoms with van der Waals surface area (Å²) in [5.41, 5.74) is 1.96. The van der Waals surface area contributed by atoms with Gasteiger partial charge in [-0.15, -0.1) is 0 Å². The molecule has 2 heterocycles. The number of alkyl halides is 3. The van der Waals surface area contributed by atoms with Crippen LogP contribution in [0.5, 0.6) is 52.0 Å². The van der Waals surface area contributed by atoms with Gasteiger partial charge in [0.2, 0.25) is 11.8 Å². The first-order valence-corrected chi connectivity index (χ1v) is 21.6. The summed E-state index contributed by atoms with van der Waals surface area (Å²) in [7, 11) is 0. The second-order valence-electron chi connectivity index (χ2n) is 14.7. The number of carboxylic acid groups (broad SMARTS) is 3. The van der Waals surface area contributed by atoms with Crippen LogP contribution in [-0.4, -0.2) is 71.5 Å². The minimum absolute atomic E-state index is 0.255. The van der Waals surface area contributed by atoms with Crippen molar-refractivity contribution in [1.29, 1.82) is 0 Å². The predicted octanol–water partition coefficient (Wildman–Crippen LogP) is 12.2. The first-order chi connectivity index (χ1) is 33.8. The number of carboxylic acids is 3. The fourth-order valence-electron chi connectivity index (χ4n) is 5.64. The summed E-state index contributed by atoms with van der Waals surface area (Å²) in [6.07, 6.45) is -4.20. The zero-order valence-corrected chi connectivity index (χ0v) is 38.8. The van der Waals surface area contributed by atoms with Gasteiger partial charge in [-0.05, 0) is 154 Å². The van der Waals surface area contributed by atoms with Gasteiger partial charge < -0.3 is 43.7 Å². The van der Waals surface area contributed by atoms with Crippen LogP contribution in [0.2, 0.25) is 10.0 Å². The van der Waals surface area contributed by atoms with Gasteiger partial charge in [-0.1, -0.05) is 23.2 Å². The third-order valence-corrected chi connectivity index (χ3v) is 9.75. The summed E-state index contributed by atoms with van der Waals surface area (Å²) in [5, 5.41) is 27.6. The molecule has 0 aliphatic rings. The van der Waals surface area contributed by atoms with E-state index < -0.39 is 48.0 Å². The highest BCUT2D eigenvalue weighted by Gasteiger charge is 2.30. The van der Waals surface area contributed by atoms with E-state index >= 15 is 0 Å². The van der Waals surface area contributed by atoms with Crippen molar-refractivity contribution >= 4 is 63.2 Å². The van der Waals surface area contributed by atoms with Crippen molar-refractivity contribution < 1.29 is 71.3 Å². The lowest BCUT2D eigenvalue weighted by molar-refractivity contribution is -0.145. The Labute approximate surface area is 411 Å². The Bertz CT molecular complexity index is 2950. The molecule has 0 radical (unpaired) electrons. The lowest BCUT2D eigenvalue weighted by Gasteiger charge is -2.11. The molecule has 21 heteroatoms. The molecule has 0 bridgehead atoms. The Balaban J connectivity index is 0.000000174. The highest BCUT2D eigenvalue weighted by atomic mass is 35.5. The SMILES string of the molecule is CC(Oc1ccc(Oc2ccc(C(F)(F)F)cc2)cc1)C(=O)O.CC(Oc1ccc(Oc2cnc3cc(Cl)ccc3n2)cc1)C(=O)O.C[C@@H](Oc1ccc(Oc2cnc3cc(Cl)ccc3n2)cc1)C(=O)O. The minimum atomic E-state index is -4.39. The Morgan fingerprint density at radius 1 is 0.451 bits per heavy atom. The Morgan fingerprint density at radius 2 is 0.746 bits per heavy atom. The maximum atomic E-state index is 12.5. The Kier molecular flexibility index (Phi) is 17.4. The predicted molar refractivity (Wildman–Crippen MR) is 253 cm³/mol. The van der Waals surface area contributed by atoms with Gasteiger partial charge in [0.05, 0.1) is 40.0 Å². The normalized spacial score (nSPS) is 12.1. The standard InChI is InChI=1S/2C17H13ClN2O4.C16H13F3O4/c2*1-10(17(21)22)23-12-3-5-13(6-4-12)24-16-9-19-15-8-11(18)2-7-14(15)20-16;1-10(15(20)21)22-12-6-8-14(9-7-12)23-13-4-2-11(3-5-13)16(17,18)19/h2*2-10H,1H3,(H,21,22);2-10H,1H3,(H,20,21)/t10-;;/m1../s1. The van der Waals surface area contributed by atoms with Crippen molar-refractivity contribution in [2.75, 3.05) is 0 Å². The second-order valence-corrected chi connectivity index (χ2v) is 15.6. The second kappa shape index (κ2) is 23.7. The van der Waals surface area contributed by atoms with Crippen molar-refractivity contribution in [2.45, 2.75) is 45.3 Å². The van der Waals surface area contributed by atoms with Crippen LogP contribution >= 0.6 is 23.2 Å². The maximum Gasteiger partial charge on any atom is 0.416 e. The first-order valence-electron chi connectivity index (χ1n) is 20.8. The molecule has 0 saturated carbocycles. The third kappa shape index (κ3) is 15.8. The van der Waals surface area contributed by atoms with E-state index in [0.717, 1.165) is 12.1 Å². The van der Waals surface area contributed by atoms with E-state index in [0.29, 0.717) is 78.4 Å². The molecule has 3 atom stereocenters. The largest absolute Gasteiger partial charge is 0.479 e. The molecule has 0 saturated heterocycles. The van der Waals surface area contributed by atoms with Crippen LogP contribution in [0, 0.1) is 0 Å². The molecule has 8 rings (SSSR count). The summed E-state index contributed by atoms with van der Waals surface area (Å²) >= 11 is 11.8. The summed E-state index contributed by atoms with van der Waals surface area (Å²) in [4.78, 5) is 49.4. The zero-order chi connectivity index (χ0) is 51.2. The molecule has 0 amide bonds. The van der Waals surface area contributed by atoms with Crippen LogP contribution in [0.3, 0.4) is 0 Å². The minimum Gasteiger partial charge on any atom is -0.479 e. The number of hydrogen-bond acceptors (Lipinski definition) is 13. The number of benzene rings is 6. The van der Waals surface area contributed by atoms with E-state index in [4.69, 9.17) is 66.9 Å². The monoisotopic (exact) mass is 1010 g/mol. The zero-order valence-electron chi connectivity index (χ0n) is 37.3. The van der Waals surface area contributed by atoms with Crippen molar-refractivity contribution in [3.63, 3.8) is 0 Å². The van der Waals surface area contributed by atoms with Crippen LogP contribution in [0.25, 0.3) is 22.1 Å². The van der Waals surface area contributed by atoms with E-state index in [-0.39, 0.29) is 5.75 Å². The summed E-state index contributed by atoms with van der Waals surface area (Å²) in [6, 6.07) is 34.0. The van der Waals surface area contributed by atoms with Crippen molar-refractivity contribution in [3.8, 4) is 52.0 Å². The molecule has 366 valence electrons. The van der Waals surface area contributed by atoms with E-state index in [1.807, 2.05) is 0 Å². The average molecular weight is 1020 g/mol. The number of halogens is 5. The van der Waals surface area contributed by atoms with Crippen LogP contribution in [-0.2, 0) is 20.6 Å². The van der Waals surface area contributed by atoms with Crippen LogP contribution in [0.4, 0.5) is 13.2 Å². The summed E-state index contributed by atoms with van der Waals surface area (Å²) in [5.74, 6) is 0.493. The summed E-state index contributed by atoms with van der Waals surface area (Å²) < 4.78 is 69.7. The number of rotatable bonds is 15. The molecule has 0 fully saturated rings. The molecule has 71 heavy (non-hydrogen) atoms. The molecule has 2 aromatic heterocycles. The smallest absolute Gasteiger partial charge is 0.416 e. The van der Waals surface area contributed by atoms with Gasteiger partial charge in [-0.3, -0.25) is 0 Å². The van der Waals surface area contributed by atoms with Crippen molar-refractivity contribution in [3.05, 3.63) is 161 Å². The van der Waals surface area contributed by atoms with E-state index in [1.54, 1.807) is 84.9 Å². The number of aliphatic carboxylic acids is 3. The molecule has 0 aliphatic heterocycles. The van der Waals surface area contributed by atoms with Crippen molar-refractivity contribution in [2.24, 2.45) is 0 Å². The molecule has 3 N–H and O–H groups in total. The molecule has 16 nitrogen and oxygen atoms in total. The van der Waals surface area contributed by atoms with Gasteiger partial charge in [-0.2, -0.15) is 13.2 Å². The molecular formula is C50H39Cl2F3N4O12. The highest BCUT2D eigenvalue weighted by molar-refractivity contribution is 6.31. The van der Waals surface area contributed by atoms with Gasteiger partial charge in [0.1, 0.15) is 40.2 Å². The molecule has 2 unspecified atom stereocenters. The number of ether oxygens (including phenoxy) is 6. The fraction of sp³-hybridized carbons (Fsp3) is 0.140. The quantitative estimate of drug-likeness (QED) is 0.0869. The number of aromatic nitrogens is 4. The van der Waals surface area contributed by atoms with E-state index in [9.17, 15) is 27.6 Å². The van der Waals surface area contributed by atoms with Crippen LogP contribution < -0.4 is 28.4 Å². The Hall–Kier alpha value is -8.42. The van der Waals surface area contributed by atoms with Gasteiger partial charge in [0.25, 0.3) is 0 Å². The molecule has 6 aromatic carbocycles. The number of hydrogen-bond donors (Lipinski definition) is 3. The maximum absolute atomic E-state index is 12.5. The third-order valence-electron chi connectivity index (χ3n) is 9.28. The summed E-state index contributed by atoms with van der Waals surface area (Å²) in [6.45, 7) is 4.32. The van der Waals surface area contributed by atoms with Gasteiger partial charge in [0, 0.05) is 10.0 Å². The lowest BCUT2D eigenvalue weighted by Crippen LogP contribution is -2.22. The van der Waals surface area contributed by atoms with Crippen LogP contribution in [0.1, 0.15) is 26.3 Å². The van der Waals surface area contributed by atoms with Crippen LogP contribution in [0.15, 0.2) is 146 Å². The van der Waals surface area contributed by atoms with E-state index in [1.165, 1.54) is 69.6 Å². The Morgan fingerprint density at radius 3 is 1.06 bits per heavy atom. The van der Waals surface area contributed by atoms with Gasteiger partial charge >= 0.3 is 24.1 Å². The van der Waals surface area contributed by atoms with Gasteiger partial charge in [0.15, 0.2) is 18.3 Å². The highest BCUT2D eigenvalue weighted by Crippen LogP contribution is 2.32. The average Bonchev–Trinajstić information content (AvgIpc) is 3.33. The first kappa shape index (κ1) is 52.0. The van der Waals surface area contributed by atoms with Crippen molar-refractivity contribution in [1.82, 2.24) is 19.9 Å². The topological polar surface area (TPSA) is 219 Å². The number of fused-ring (bicyclic) bond motifs is 2. The molecular weight excluding hydrogens is 976 g/mol. The molecule has 0 spiro atoms. The van der Waals surface area contributed by atoms with E-state index in [2.05, 4.69) is 19.9 Å². The number of nitrogens with zero attached hydrogens (tertiary/aromatic N) is 4. The molecule has 0 aliphatic carbocycles. The molecule has 8 aromatic rings. The number of carbonyl (C=O) groups is 3. The lowest BCUT2D eigenvalue weighted by atomic mass is 10.2. The van der Waals surface area contributed by atoms with Gasteiger partial charge in [-0.25, -0.2) is 34.3 Å².